The number of carbonyl (C=O) groups excluding carboxylic acids is 1. The molecule has 1 N–H and O–H groups in total. The zero-order valence-corrected chi connectivity index (χ0v) is 11.7. The number of amides is 1. The Kier molecular flexibility index (Phi) is 3.51. The maximum absolute atomic E-state index is 12.2. The van der Waals surface area contributed by atoms with E-state index in [1.807, 2.05) is 54.1 Å². The van der Waals surface area contributed by atoms with Gasteiger partial charge in [-0.25, -0.2) is 4.98 Å². The summed E-state index contributed by atoms with van der Waals surface area (Å²) in [5.74, 6) is -0.113. The highest BCUT2D eigenvalue weighted by atomic mass is 16.1. The van der Waals surface area contributed by atoms with E-state index in [1.54, 1.807) is 24.7 Å². The molecule has 0 spiro atoms. The van der Waals surface area contributed by atoms with Gasteiger partial charge in [0, 0.05) is 29.3 Å². The lowest BCUT2D eigenvalue weighted by molar-refractivity contribution is 0.102. The molecule has 0 saturated carbocycles. The van der Waals surface area contributed by atoms with Crippen LogP contribution in [-0.2, 0) is 0 Å². The number of nitrogens with one attached hydrogen (secondary N) is 1. The van der Waals surface area contributed by atoms with E-state index in [0.717, 1.165) is 16.9 Å². The van der Waals surface area contributed by atoms with Crippen LogP contribution in [0.4, 0.5) is 5.69 Å². The number of rotatable bonds is 3. The molecular formula is C17H15N3O. The van der Waals surface area contributed by atoms with Gasteiger partial charge in [-0.15, -0.1) is 0 Å². The Morgan fingerprint density at radius 3 is 2.62 bits per heavy atom. The summed E-state index contributed by atoms with van der Waals surface area (Å²) >= 11 is 0. The van der Waals surface area contributed by atoms with E-state index in [1.165, 1.54) is 0 Å². The highest BCUT2D eigenvalue weighted by Crippen LogP contribution is 2.13. The fourth-order valence-electron chi connectivity index (χ4n) is 2.12. The Hall–Kier alpha value is -2.88. The van der Waals surface area contributed by atoms with Gasteiger partial charge in [-0.1, -0.05) is 12.1 Å². The van der Waals surface area contributed by atoms with E-state index in [-0.39, 0.29) is 5.91 Å². The lowest BCUT2D eigenvalue weighted by Crippen LogP contribution is -2.11. The van der Waals surface area contributed by atoms with E-state index in [2.05, 4.69) is 10.3 Å². The maximum atomic E-state index is 12.2. The van der Waals surface area contributed by atoms with Crippen LogP contribution in [0.15, 0.2) is 67.3 Å². The minimum atomic E-state index is -0.113. The predicted molar refractivity (Wildman–Crippen MR) is 82.7 cm³/mol. The van der Waals surface area contributed by atoms with Crippen LogP contribution in [0.2, 0.25) is 0 Å². The summed E-state index contributed by atoms with van der Waals surface area (Å²) in [6.45, 7) is 2.00. The fourth-order valence-corrected chi connectivity index (χ4v) is 2.12. The second kappa shape index (κ2) is 5.63. The summed E-state index contributed by atoms with van der Waals surface area (Å²) in [5.41, 5.74) is 3.52. The Balaban J connectivity index is 1.76. The summed E-state index contributed by atoms with van der Waals surface area (Å²) in [5, 5.41) is 2.90. The Morgan fingerprint density at radius 1 is 1.14 bits per heavy atom. The van der Waals surface area contributed by atoms with Gasteiger partial charge >= 0.3 is 0 Å². The van der Waals surface area contributed by atoms with Crippen LogP contribution in [0, 0.1) is 6.92 Å². The predicted octanol–water partition coefficient (Wildman–Crippen LogP) is 3.43. The summed E-state index contributed by atoms with van der Waals surface area (Å²) in [6.07, 6.45) is 5.31. The van der Waals surface area contributed by atoms with Crippen molar-refractivity contribution in [1.29, 1.82) is 0 Å². The largest absolute Gasteiger partial charge is 0.322 e. The fraction of sp³-hybridized carbons (Fsp3) is 0.0588. The van der Waals surface area contributed by atoms with Crippen molar-refractivity contribution in [3.8, 4) is 5.69 Å². The summed E-state index contributed by atoms with van der Waals surface area (Å²) in [4.78, 5) is 16.2. The lowest BCUT2D eigenvalue weighted by Gasteiger charge is -2.07. The Bertz CT molecular complexity index is 746. The first-order chi connectivity index (χ1) is 10.2. The molecule has 3 rings (SSSR count). The van der Waals surface area contributed by atoms with Crippen molar-refractivity contribution in [2.75, 3.05) is 5.32 Å². The quantitative estimate of drug-likeness (QED) is 0.797. The van der Waals surface area contributed by atoms with Gasteiger partial charge in [0.05, 0.1) is 6.33 Å². The van der Waals surface area contributed by atoms with Gasteiger partial charge in [-0.2, -0.15) is 0 Å². The van der Waals surface area contributed by atoms with Gasteiger partial charge < -0.3 is 9.88 Å². The molecule has 0 bridgehead atoms. The number of aryl methyl sites for hydroxylation is 1. The van der Waals surface area contributed by atoms with Gasteiger partial charge in [0.1, 0.15) is 0 Å². The third-order valence-electron chi connectivity index (χ3n) is 3.21. The molecule has 4 nitrogen and oxygen atoms in total. The molecule has 104 valence electrons. The van der Waals surface area contributed by atoms with Crippen LogP contribution >= 0.6 is 0 Å². The molecule has 1 heterocycles. The van der Waals surface area contributed by atoms with Gasteiger partial charge in [0.15, 0.2) is 0 Å². The van der Waals surface area contributed by atoms with Crippen molar-refractivity contribution in [1.82, 2.24) is 9.55 Å². The van der Waals surface area contributed by atoms with Gasteiger partial charge in [-0.3, -0.25) is 4.79 Å². The first-order valence-corrected chi connectivity index (χ1v) is 6.69. The molecule has 0 radical (unpaired) electrons. The van der Waals surface area contributed by atoms with E-state index < -0.39 is 0 Å². The zero-order valence-electron chi connectivity index (χ0n) is 11.7. The molecule has 0 aliphatic heterocycles. The minimum Gasteiger partial charge on any atom is -0.322 e. The molecular weight excluding hydrogens is 262 g/mol. The molecule has 0 aliphatic carbocycles. The molecule has 0 aliphatic rings. The SMILES string of the molecule is Cc1cccc(NC(=O)c2ccc(-n3ccnc3)cc2)c1. The average Bonchev–Trinajstić information content (AvgIpc) is 3.01. The second-order valence-corrected chi connectivity index (χ2v) is 4.84. The minimum absolute atomic E-state index is 0.113. The van der Waals surface area contributed by atoms with Crippen molar-refractivity contribution >= 4 is 11.6 Å². The van der Waals surface area contributed by atoms with Crippen LogP contribution in [0.5, 0.6) is 0 Å². The maximum Gasteiger partial charge on any atom is 0.255 e. The van der Waals surface area contributed by atoms with Crippen molar-refractivity contribution in [2.24, 2.45) is 0 Å². The normalized spacial score (nSPS) is 10.3. The number of carbonyl (C=O) groups is 1. The lowest BCUT2D eigenvalue weighted by atomic mass is 10.1. The van der Waals surface area contributed by atoms with Crippen molar-refractivity contribution in [2.45, 2.75) is 6.92 Å². The standard InChI is InChI=1S/C17H15N3O/c1-13-3-2-4-15(11-13)19-17(21)14-5-7-16(8-6-14)20-10-9-18-12-20/h2-12H,1H3,(H,19,21). The van der Waals surface area contributed by atoms with Gasteiger partial charge in [0.25, 0.3) is 5.91 Å². The van der Waals surface area contributed by atoms with E-state index in [0.29, 0.717) is 5.56 Å². The number of anilines is 1. The summed E-state index contributed by atoms with van der Waals surface area (Å²) in [6, 6.07) is 15.1. The molecule has 4 heteroatoms. The van der Waals surface area contributed by atoms with Crippen molar-refractivity contribution in [3.05, 3.63) is 78.4 Å². The number of nitrogens with zero attached hydrogens (tertiary/aromatic N) is 2. The molecule has 1 amide bonds. The smallest absolute Gasteiger partial charge is 0.255 e. The third kappa shape index (κ3) is 3.00. The molecule has 3 aromatic rings. The number of imidazole rings is 1. The molecule has 21 heavy (non-hydrogen) atoms. The number of aromatic nitrogens is 2. The Labute approximate surface area is 123 Å². The monoisotopic (exact) mass is 277 g/mol. The van der Waals surface area contributed by atoms with E-state index in [4.69, 9.17) is 0 Å². The van der Waals surface area contributed by atoms with E-state index in [9.17, 15) is 4.79 Å². The van der Waals surface area contributed by atoms with Gasteiger partial charge in [0.2, 0.25) is 0 Å². The molecule has 0 saturated heterocycles. The first kappa shape index (κ1) is 13.1. The third-order valence-corrected chi connectivity index (χ3v) is 3.21. The van der Waals surface area contributed by atoms with E-state index >= 15 is 0 Å². The van der Waals surface area contributed by atoms with Crippen molar-refractivity contribution < 1.29 is 4.79 Å². The van der Waals surface area contributed by atoms with Crippen LogP contribution in [-0.4, -0.2) is 15.5 Å². The molecule has 1 aromatic heterocycles. The van der Waals surface area contributed by atoms with Gasteiger partial charge in [-0.05, 0) is 48.9 Å². The second-order valence-electron chi connectivity index (χ2n) is 4.84. The highest BCUT2D eigenvalue weighted by molar-refractivity contribution is 6.04. The summed E-state index contributed by atoms with van der Waals surface area (Å²) in [7, 11) is 0. The molecule has 0 atom stereocenters. The van der Waals surface area contributed by atoms with Crippen molar-refractivity contribution in [3.63, 3.8) is 0 Å². The number of hydrogen-bond acceptors (Lipinski definition) is 2. The van der Waals surface area contributed by atoms with Crippen LogP contribution < -0.4 is 5.32 Å². The highest BCUT2D eigenvalue weighted by Gasteiger charge is 2.06. The van der Waals surface area contributed by atoms with Crippen LogP contribution in [0.25, 0.3) is 5.69 Å². The number of benzene rings is 2. The topological polar surface area (TPSA) is 46.9 Å². The number of hydrogen-bond donors (Lipinski definition) is 1. The summed E-state index contributed by atoms with van der Waals surface area (Å²) < 4.78 is 1.89. The molecule has 2 aromatic carbocycles. The molecule has 0 unspecified atom stereocenters. The molecule has 0 fully saturated rings. The van der Waals surface area contributed by atoms with Crippen LogP contribution in [0.1, 0.15) is 15.9 Å². The average molecular weight is 277 g/mol. The first-order valence-electron chi connectivity index (χ1n) is 6.69. The van der Waals surface area contributed by atoms with Crippen LogP contribution in [0.3, 0.4) is 0 Å². The Morgan fingerprint density at radius 2 is 1.95 bits per heavy atom. The zero-order chi connectivity index (χ0) is 14.7.